The monoisotopic (exact) mass is 348 g/mol. The molecule has 25 heavy (non-hydrogen) atoms. The Morgan fingerprint density at radius 2 is 2.16 bits per heavy atom. The summed E-state index contributed by atoms with van der Waals surface area (Å²) in [7, 11) is 1.64. The van der Waals surface area contributed by atoms with Crippen LogP contribution in [0.2, 0.25) is 0 Å². The molecular weight excluding hydrogens is 320 g/mol. The Morgan fingerprint density at radius 3 is 2.84 bits per heavy atom. The molecule has 2 N–H and O–H groups in total. The van der Waals surface area contributed by atoms with Gasteiger partial charge < -0.3 is 19.9 Å². The van der Waals surface area contributed by atoms with Gasteiger partial charge in [0.2, 0.25) is 5.91 Å². The van der Waals surface area contributed by atoms with Crippen LogP contribution in [-0.4, -0.2) is 61.5 Å². The summed E-state index contributed by atoms with van der Waals surface area (Å²) in [5.74, 6) is 1.03. The van der Waals surface area contributed by atoms with E-state index in [1.165, 1.54) is 0 Å². The number of morpholine rings is 1. The molecule has 2 fully saturated rings. The van der Waals surface area contributed by atoms with Crippen molar-refractivity contribution in [1.82, 2.24) is 10.2 Å². The van der Waals surface area contributed by atoms with E-state index in [1.54, 1.807) is 7.11 Å². The van der Waals surface area contributed by atoms with Crippen LogP contribution in [0.4, 0.5) is 0 Å². The van der Waals surface area contributed by atoms with Gasteiger partial charge in [-0.15, -0.1) is 0 Å². The number of nitrogens with one attached hydrogen (secondary N) is 1. The molecular formula is C19H28N2O4. The van der Waals surface area contributed by atoms with E-state index in [2.05, 4.69) is 10.2 Å². The van der Waals surface area contributed by atoms with Gasteiger partial charge >= 0.3 is 0 Å². The molecule has 2 aliphatic rings. The number of benzene rings is 1. The summed E-state index contributed by atoms with van der Waals surface area (Å²) < 4.78 is 10.7. The third kappa shape index (κ3) is 4.71. The number of carbonyl (C=O) groups is 1. The van der Waals surface area contributed by atoms with Crippen LogP contribution in [0.5, 0.6) is 5.75 Å². The lowest BCUT2D eigenvalue weighted by molar-refractivity contribution is -0.126. The molecule has 3 rings (SSSR count). The molecule has 1 aliphatic heterocycles. The quantitative estimate of drug-likeness (QED) is 0.808. The summed E-state index contributed by atoms with van der Waals surface area (Å²) in [6, 6.07) is 7.82. The van der Waals surface area contributed by atoms with E-state index in [0.29, 0.717) is 26.3 Å². The minimum atomic E-state index is -0.267. The van der Waals surface area contributed by atoms with Crippen LogP contribution >= 0.6 is 0 Å². The highest BCUT2D eigenvalue weighted by Crippen LogP contribution is 2.32. The van der Waals surface area contributed by atoms with Crippen molar-refractivity contribution in [2.45, 2.75) is 38.0 Å². The van der Waals surface area contributed by atoms with Crippen LogP contribution < -0.4 is 10.1 Å². The molecule has 1 aromatic rings. The lowest BCUT2D eigenvalue weighted by Crippen LogP contribution is -2.53. The first kappa shape index (κ1) is 18.2. The van der Waals surface area contributed by atoms with E-state index in [9.17, 15) is 9.90 Å². The normalized spacial score (nSPS) is 27.2. The summed E-state index contributed by atoms with van der Waals surface area (Å²) in [6.45, 7) is 2.85. The van der Waals surface area contributed by atoms with Gasteiger partial charge in [0.25, 0.3) is 0 Å². The Morgan fingerprint density at radius 1 is 1.36 bits per heavy atom. The van der Waals surface area contributed by atoms with Crippen LogP contribution in [0.3, 0.4) is 0 Å². The van der Waals surface area contributed by atoms with Gasteiger partial charge in [-0.2, -0.15) is 0 Å². The van der Waals surface area contributed by atoms with Gasteiger partial charge in [-0.05, 0) is 30.5 Å². The topological polar surface area (TPSA) is 71.0 Å². The third-order valence-corrected chi connectivity index (χ3v) is 5.30. The maximum absolute atomic E-state index is 12.4. The van der Waals surface area contributed by atoms with Crippen LogP contribution in [0.25, 0.3) is 0 Å². The van der Waals surface area contributed by atoms with Crippen molar-refractivity contribution in [3.63, 3.8) is 0 Å². The number of ether oxygens (including phenoxy) is 2. The minimum Gasteiger partial charge on any atom is -0.497 e. The minimum absolute atomic E-state index is 0.00945. The van der Waals surface area contributed by atoms with Gasteiger partial charge in [0.15, 0.2) is 0 Å². The van der Waals surface area contributed by atoms with Crippen molar-refractivity contribution in [2.24, 2.45) is 5.92 Å². The number of aliphatic hydroxyl groups excluding tert-OH is 1. The molecule has 0 unspecified atom stereocenters. The summed E-state index contributed by atoms with van der Waals surface area (Å²) in [5, 5.41) is 13.2. The number of carbonyl (C=O) groups excluding carboxylic acids is 1. The first-order valence-corrected chi connectivity index (χ1v) is 9.07. The highest BCUT2D eigenvalue weighted by Gasteiger charge is 2.38. The maximum atomic E-state index is 12.4. The Balaban J connectivity index is 1.51. The van der Waals surface area contributed by atoms with Crippen molar-refractivity contribution < 1.29 is 19.4 Å². The first-order chi connectivity index (χ1) is 12.2. The smallest absolute Gasteiger partial charge is 0.234 e. The van der Waals surface area contributed by atoms with Crippen molar-refractivity contribution >= 4 is 5.91 Å². The van der Waals surface area contributed by atoms with Gasteiger partial charge in [-0.25, -0.2) is 0 Å². The first-order valence-electron chi connectivity index (χ1n) is 9.07. The second kappa shape index (κ2) is 8.65. The molecule has 6 nitrogen and oxygen atoms in total. The molecule has 1 saturated heterocycles. The average Bonchev–Trinajstić information content (AvgIpc) is 3.07. The molecule has 1 saturated carbocycles. The molecule has 0 aromatic heterocycles. The second-order valence-electron chi connectivity index (χ2n) is 6.90. The van der Waals surface area contributed by atoms with Crippen molar-refractivity contribution in [1.29, 1.82) is 0 Å². The standard InChI is InChI=1S/C19H28N2O4/c1-24-15-7-5-14(6-8-15)11-20-19(23)12-21-9-10-25-13-17(21)16-3-2-4-18(16)22/h5-8,16-18,22H,2-4,9-13H2,1H3,(H,20,23)/t16-,17-,18-/m1/s1. The van der Waals surface area contributed by atoms with Crippen LogP contribution in [0, 0.1) is 5.92 Å². The van der Waals surface area contributed by atoms with E-state index in [4.69, 9.17) is 9.47 Å². The van der Waals surface area contributed by atoms with Gasteiger partial charge in [0, 0.05) is 25.0 Å². The summed E-state index contributed by atoms with van der Waals surface area (Å²) >= 11 is 0. The van der Waals surface area contributed by atoms with E-state index in [1.807, 2.05) is 24.3 Å². The predicted molar refractivity (Wildman–Crippen MR) is 94.4 cm³/mol. The van der Waals surface area contributed by atoms with Gasteiger partial charge in [0.05, 0.1) is 33.0 Å². The number of nitrogens with zero attached hydrogens (tertiary/aromatic N) is 1. The molecule has 0 spiro atoms. The largest absolute Gasteiger partial charge is 0.497 e. The van der Waals surface area contributed by atoms with Crippen LogP contribution in [0.15, 0.2) is 24.3 Å². The Hall–Kier alpha value is -1.63. The van der Waals surface area contributed by atoms with Crippen molar-refractivity contribution in [2.75, 3.05) is 33.4 Å². The summed E-state index contributed by atoms with van der Waals surface area (Å²) in [6.07, 6.45) is 2.66. The molecule has 3 atom stereocenters. The Kier molecular flexibility index (Phi) is 6.29. The zero-order valence-corrected chi connectivity index (χ0v) is 14.8. The number of hydrogen-bond acceptors (Lipinski definition) is 5. The zero-order valence-electron chi connectivity index (χ0n) is 14.8. The van der Waals surface area contributed by atoms with Crippen molar-refractivity contribution in [3.8, 4) is 5.75 Å². The zero-order chi connectivity index (χ0) is 17.6. The number of aliphatic hydroxyl groups is 1. The molecule has 0 radical (unpaired) electrons. The lowest BCUT2D eigenvalue weighted by Gasteiger charge is -2.39. The highest BCUT2D eigenvalue weighted by atomic mass is 16.5. The highest BCUT2D eigenvalue weighted by molar-refractivity contribution is 5.78. The fraction of sp³-hybridized carbons (Fsp3) is 0.632. The SMILES string of the molecule is COc1ccc(CNC(=O)CN2CCOC[C@@H]2[C@H]2CCC[C@H]2O)cc1. The van der Waals surface area contributed by atoms with Gasteiger partial charge in [-0.1, -0.05) is 18.6 Å². The summed E-state index contributed by atoms with van der Waals surface area (Å²) in [5.41, 5.74) is 1.04. The number of amides is 1. The van der Waals surface area contributed by atoms with Crippen molar-refractivity contribution in [3.05, 3.63) is 29.8 Å². The average molecular weight is 348 g/mol. The molecule has 1 aromatic carbocycles. The van der Waals surface area contributed by atoms with Crippen LogP contribution in [0.1, 0.15) is 24.8 Å². The Bertz CT molecular complexity index is 563. The van der Waals surface area contributed by atoms with E-state index in [-0.39, 0.29) is 24.0 Å². The maximum Gasteiger partial charge on any atom is 0.234 e. The van der Waals surface area contributed by atoms with Crippen LogP contribution in [-0.2, 0) is 16.1 Å². The molecule has 6 heteroatoms. The number of hydrogen-bond donors (Lipinski definition) is 2. The number of rotatable bonds is 6. The molecule has 1 amide bonds. The molecule has 0 bridgehead atoms. The third-order valence-electron chi connectivity index (χ3n) is 5.30. The summed E-state index contributed by atoms with van der Waals surface area (Å²) in [4.78, 5) is 14.5. The second-order valence-corrected chi connectivity index (χ2v) is 6.90. The fourth-order valence-electron chi connectivity index (χ4n) is 3.85. The van der Waals surface area contributed by atoms with E-state index in [0.717, 1.165) is 37.1 Å². The van der Waals surface area contributed by atoms with Gasteiger partial charge in [-0.3, -0.25) is 9.69 Å². The molecule has 138 valence electrons. The fourth-order valence-corrected chi connectivity index (χ4v) is 3.85. The predicted octanol–water partition coefficient (Wildman–Crippen LogP) is 1.17. The lowest BCUT2D eigenvalue weighted by atomic mass is 9.94. The molecule has 1 heterocycles. The van der Waals surface area contributed by atoms with E-state index < -0.39 is 0 Å². The number of methoxy groups -OCH3 is 1. The Labute approximate surface area is 149 Å². The molecule has 1 aliphatic carbocycles. The van der Waals surface area contributed by atoms with Gasteiger partial charge in [0.1, 0.15) is 5.75 Å². The van der Waals surface area contributed by atoms with E-state index >= 15 is 0 Å².